The summed E-state index contributed by atoms with van der Waals surface area (Å²) in [5, 5.41) is 5.44. The van der Waals surface area contributed by atoms with Gasteiger partial charge in [-0.15, -0.1) is 0 Å². The SMILES string of the molecule is O=C(Cc1ccccc1)NC(=S)Nc1ccc(Oc2c[c]ncc2)c(F)c1. The van der Waals surface area contributed by atoms with E-state index in [-0.39, 0.29) is 23.2 Å². The number of carbonyl (C=O) groups excluding carboxylic acids is 1. The molecule has 0 bridgehead atoms. The maximum Gasteiger partial charge on any atom is 0.230 e. The largest absolute Gasteiger partial charge is 0.454 e. The van der Waals surface area contributed by atoms with Gasteiger partial charge in [0.1, 0.15) is 5.75 Å². The van der Waals surface area contributed by atoms with Crippen LogP contribution < -0.4 is 15.4 Å². The van der Waals surface area contributed by atoms with Gasteiger partial charge in [-0.1, -0.05) is 30.3 Å². The molecule has 3 rings (SSSR count). The molecule has 2 aromatic carbocycles. The van der Waals surface area contributed by atoms with Crippen molar-refractivity contribution in [3.05, 3.63) is 84.4 Å². The summed E-state index contributed by atoms with van der Waals surface area (Å²) in [5.41, 5.74) is 1.27. The van der Waals surface area contributed by atoms with Crippen LogP contribution in [0.2, 0.25) is 0 Å². The van der Waals surface area contributed by atoms with E-state index < -0.39 is 5.82 Å². The summed E-state index contributed by atoms with van der Waals surface area (Å²) in [6.45, 7) is 0. The number of carbonyl (C=O) groups is 1. The van der Waals surface area contributed by atoms with Crippen LogP contribution in [-0.2, 0) is 11.2 Å². The molecule has 3 aromatic rings. The van der Waals surface area contributed by atoms with Crippen LogP contribution in [0.5, 0.6) is 11.5 Å². The fourth-order valence-electron chi connectivity index (χ4n) is 2.27. The Balaban J connectivity index is 1.56. The fourth-order valence-corrected chi connectivity index (χ4v) is 2.50. The lowest BCUT2D eigenvalue weighted by Crippen LogP contribution is -2.35. The molecule has 0 saturated heterocycles. The van der Waals surface area contributed by atoms with Gasteiger partial charge in [-0.25, -0.2) is 4.39 Å². The van der Waals surface area contributed by atoms with E-state index >= 15 is 0 Å². The number of hydrogen-bond donors (Lipinski definition) is 2. The van der Waals surface area contributed by atoms with Crippen molar-refractivity contribution in [3.63, 3.8) is 0 Å². The number of amides is 1. The first-order valence-electron chi connectivity index (χ1n) is 8.04. The van der Waals surface area contributed by atoms with E-state index in [1.165, 1.54) is 24.4 Å². The van der Waals surface area contributed by atoms with Gasteiger partial charge in [-0.2, -0.15) is 0 Å². The van der Waals surface area contributed by atoms with E-state index in [2.05, 4.69) is 21.8 Å². The summed E-state index contributed by atoms with van der Waals surface area (Å²) in [6.07, 6.45) is 4.31. The molecule has 2 N–H and O–H groups in total. The van der Waals surface area contributed by atoms with E-state index in [0.717, 1.165) is 5.56 Å². The second-order valence-electron chi connectivity index (χ2n) is 5.53. The third-order valence-corrected chi connectivity index (χ3v) is 3.68. The van der Waals surface area contributed by atoms with Gasteiger partial charge < -0.3 is 15.4 Å². The summed E-state index contributed by atoms with van der Waals surface area (Å²) in [4.78, 5) is 15.7. The van der Waals surface area contributed by atoms with Gasteiger partial charge in [0, 0.05) is 24.0 Å². The number of ether oxygens (including phenoxy) is 1. The summed E-state index contributed by atoms with van der Waals surface area (Å²) in [6, 6.07) is 16.7. The number of nitrogens with zero attached hydrogens (tertiary/aromatic N) is 1. The van der Waals surface area contributed by atoms with E-state index in [0.29, 0.717) is 11.4 Å². The molecule has 7 heteroatoms. The van der Waals surface area contributed by atoms with Gasteiger partial charge in [-0.3, -0.25) is 9.78 Å². The van der Waals surface area contributed by atoms with Gasteiger partial charge in [0.25, 0.3) is 0 Å². The van der Waals surface area contributed by atoms with E-state index in [4.69, 9.17) is 17.0 Å². The zero-order chi connectivity index (χ0) is 19.1. The Bertz CT molecular complexity index is 936. The lowest BCUT2D eigenvalue weighted by atomic mass is 10.1. The minimum Gasteiger partial charge on any atom is -0.454 e. The smallest absolute Gasteiger partial charge is 0.230 e. The minimum absolute atomic E-state index is 0.0548. The summed E-state index contributed by atoms with van der Waals surface area (Å²) in [7, 11) is 0. The highest BCUT2D eigenvalue weighted by atomic mass is 32.1. The van der Waals surface area contributed by atoms with Crippen LogP contribution in [0.4, 0.5) is 10.1 Å². The van der Waals surface area contributed by atoms with Gasteiger partial charge in [0.15, 0.2) is 16.7 Å². The van der Waals surface area contributed by atoms with E-state index in [1.54, 1.807) is 12.1 Å². The third kappa shape index (κ3) is 5.58. The maximum atomic E-state index is 14.2. The Morgan fingerprint density at radius 1 is 1.19 bits per heavy atom. The Kier molecular flexibility index (Phi) is 6.06. The molecule has 0 aliphatic rings. The van der Waals surface area contributed by atoms with E-state index in [9.17, 15) is 9.18 Å². The predicted molar refractivity (Wildman–Crippen MR) is 104 cm³/mol. The van der Waals surface area contributed by atoms with Crippen molar-refractivity contribution in [3.8, 4) is 11.5 Å². The van der Waals surface area contributed by atoms with Crippen molar-refractivity contribution in [2.24, 2.45) is 0 Å². The van der Waals surface area contributed by atoms with Crippen molar-refractivity contribution < 1.29 is 13.9 Å². The Labute approximate surface area is 161 Å². The Morgan fingerprint density at radius 2 is 2.00 bits per heavy atom. The molecule has 0 atom stereocenters. The Hall–Kier alpha value is -3.32. The normalized spacial score (nSPS) is 10.1. The molecule has 1 radical (unpaired) electrons. The van der Waals surface area contributed by atoms with Gasteiger partial charge in [0.05, 0.1) is 12.6 Å². The molecular formula is C20H15FN3O2S. The lowest BCUT2D eigenvalue weighted by Gasteiger charge is -2.11. The molecule has 5 nitrogen and oxygen atoms in total. The molecule has 0 saturated carbocycles. The highest BCUT2D eigenvalue weighted by Gasteiger charge is 2.09. The highest BCUT2D eigenvalue weighted by Crippen LogP contribution is 2.26. The first kappa shape index (κ1) is 18.5. The molecule has 27 heavy (non-hydrogen) atoms. The average molecular weight is 380 g/mol. The summed E-state index contributed by atoms with van der Waals surface area (Å²) in [5.74, 6) is -0.351. The number of nitrogens with one attached hydrogen (secondary N) is 2. The molecule has 0 aliphatic heterocycles. The first-order chi connectivity index (χ1) is 13.1. The number of halogens is 1. The monoisotopic (exact) mass is 380 g/mol. The van der Waals surface area contributed by atoms with Crippen molar-refractivity contribution >= 4 is 28.9 Å². The zero-order valence-electron chi connectivity index (χ0n) is 14.1. The molecule has 0 aliphatic carbocycles. The topological polar surface area (TPSA) is 63.2 Å². The van der Waals surface area contributed by atoms with Crippen LogP contribution in [-0.4, -0.2) is 16.0 Å². The van der Waals surface area contributed by atoms with Crippen LogP contribution >= 0.6 is 12.2 Å². The number of benzene rings is 2. The molecule has 1 amide bonds. The van der Waals surface area contributed by atoms with Crippen molar-refractivity contribution in [1.82, 2.24) is 10.3 Å². The fraction of sp³-hybridized carbons (Fsp3) is 0.0500. The zero-order valence-corrected chi connectivity index (χ0v) is 14.9. The summed E-state index contributed by atoms with van der Waals surface area (Å²) < 4.78 is 19.6. The maximum absolute atomic E-state index is 14.2. The molecule has 1 heterocycles. The first-order valence-corrected chi connectivity index (χ1v) is 8.45. The van der Waals surface area contributed by atoms with E-state index in [1.807, 2.05) is 30.3 Å². The Morgan fingerprint density at radius 3 is 2.70 bits per heavy atom. The number of hydrogen-bond acceptors (Lipinski definition) is 4. The van der Waals surface area contributed by atoms with Crippen LogP contribution in [0, 0.1) is 12.0 Å². The lowest BCUT2D eigenvalue weighted by molar-refractivity contribution is -0.119. The summed E-state index contributed by atoms with van der Waals surface area (Å²) >= 11 is 5.10. The number of thiocarbonyl (C=S) groups is 1. The van der Waals surface area contributed by atoms with Crippen molar-refractivity contribution in [2.75, 3.05) is 5.32 Å². The van der Waals surface area contributed by atoms with Crippen LogP contribution in [0.25, 0.3) is 0 Å². The highest BCUT2D eigenvalue weighted by molar-refractivity contribution is 7.80. The molecule has 1 aromatic heterocycles. The van der Waals surface area contributed by atoms with Gasteiger partial charge >= 0.3 is 0 Å². The second kappa shape index (κ2) is 8.86. The molecular weight excluding hydrogens is 365 g/mol. The number of aromatic nitrogens is 1. The molecule has 0 spiro atoms. The van der Waals surface area contributed by atoms with Crippen molar-refractivity contribution in [2.45, 2.75) is 6.42 Å². The van der Waals surface area contributed by atoms with Crippen LogP contribution in [0.3, 0.4) is 0 Å². The third-order valence-electron chi connectivity index (χ3n) is 3.47. The molecule has 0 fully saturated rings. The quantitative estimate of drug-likeness (QED) is 0.658. The molecule has 0 unspecified atom stereocenters. The van der Waals surface area contributed by atoms with Gasteiger partial charge in [-0.05, 0) is 36.0 Å². The van der Waals surface area contributed by atoms with Crippen molar-refractivity contribution in [1.29, 1.82) is 0 Å². The minimum atomic E-state index is -0.574. The van der Waals surface area contributed by atoms with Gasteiger partial charge in [0.2, 0.25) is 5.91 Å². The predicted octanol–water partition coefficient (Wildman–Crippen LogP) is 3.87. The molecule has 135 valence electrons. The number of anilines is 1. The van der Waals surface area contributed by atoms with Crippen LogP contribution in [0.1, 0.15) is 5.56 Å². The number of pyridine rings is 1. The standard InChI is InChI=1S/C20H15FN3O2S/c21-17-13-15(6-7-18(17)26-16-8-10-22-11-9-16)23-20(27)24-19(25)12-14-4-2-1-3-5-14/h1-10,13H,12H2,(H2,23,24,25,27). The average Bonchev–Trinajstić information content (AvgIpc) is 2.65. The number of rotatable bonds is 5. The van der Waals surface area contributed by atoms with Crippen LogP contribution in [0.15, 0.2) is 66.9 Å². The second-order valence-corrected chi connectivity index (χ2v) is 5.94.